The fourth-order valence-corrected chi connectivity index (χ4v) is 1.88. The van der Waals surface area contributed by atoms with Crippen LogP contribution in [0.2, 0.25) is 0 Å². The molecule has 4 heteroatoms. The minimum absolute atomic E-state index is 0.0926. The Kier molecular flexibility index (Phi) is 4.97. The summed E-state index contributed by atoms with van der Waals surface area (Å²) in [5, 5.41) is 10.9. The molecule has 0 aromatic carbocycles. The minimum Gasteiger partial charge on any atom is -0.474 e. The Morgan fingerprint density at radius 2 is 1.62 bits per heavy atom. The van der Waals surface area contributed by atoms with Crippen LogP contribution in [0.25, 0.3) is 0 Å². The smallest absolute Gasteiger partial charge is 0.394 e. The third-order valence-corrected chi connectivity index (χ3v) is 2.84. The zero-order chi connectivity index (χ0) is 13.0. The van der Waals surface area contributed by atoms with Crippen molar-refractivity contribution in [3.8, 4) is 0 Å². The molecule has 0 spiro atoms. The summed E-state index contributed by atoms with van der Waals surface area (Å²) in [4.78, 5) is 21.3. The predicted octanol–water partition coefficient (Wildman–Crippen LogP) is 2.04. The molecule has 0 radical (unpaired) electrons. The minimum atomic E-state index is -1.43. The molecule has 0 unspecified atom stereocenters. The number of carboxylic acids is 1. The van der Waals surface area contributed by atoms with Crippen LogP contribution < -0.4 is 5.32 Å². The van der Waals surface area contributed by atoms with E-state index in [4.69, 9.17) is 5.11 Å². The molecule has 0 aromatic heterocycles. The normalized spacial score (nSPS) is 12.3. The van der Waals surface area contributed by atoms with Crippen molar-refractivity contribution in [2.24, 2.45) is 10.8 Å². The van der Waals surface area contributed by atoms with Crippen LogP contribution in [0.1, 0.15) is 47.5 Å². The molecule has 1 amide bonds. The molecular formula is C12H23NO3. The number of carboxylic acid groups (broad SMARTS) is 1. The third kappa shape index (κ3) is 5.73. The van der Waals surface area contributed by atoms with Crippen molar-refractivity contribution in [1.82, 2.24) is 5.32 Å². The number of rotatable bonds is 5. The van der Waals surface area contributed by atoms with Crippen molar-refractivity contribution >= 4 is 11.9 Å². The van der Waals surface area contributed by atoms with Crippen molar-refractivity contribution in [2.45, 2.75) is 47.5 Å². The predicted molar refractivity (Wildman–Crippen MR) is 63.1 cm³/mol. The molecule has 0 saturated heterocycles. The van der Waals surface area contributed by atoms with E-state index in [9.17, 15) is 9.59 Å². The van der Waals surface area contributed by atoms with E-state index >= 15 is 0 Å². The molecule has 0 bridgehead atoms. The summed E-state index contributed by atoms with van der Waals surface area (Å²) in [6.07, 6.45) is 2.00. The topological polar surface area (TPSA) is 66.4 Å². The van der Waals surface area contributed by atoms with Crippen molar-refractivity contribution in [2.75, 3.05) is 6.54 Å². The second-order valence-electron chi connectivity index (χ2n) is 5.85. The highest BCUT2D eigenvalue weighted by Gasteiger charge is 2.28. The van der Waals surface area contributed by atoms with Crippen molar-refractivity contribution in [3.63, 3.8) is 0 Å². The molecule has 0 saturated carbocycles. The Bertz CT molecular complexity index is 269. The highest BCUT2D eigenvalue weighted by Crippen LogP contribution is 2.35. The standard InChI is InChI=1S/C12H23NO3/c1-6-11(2,3)7-12(4,5)8-13-9(14)10(15)16/h6-8H2,1-5H3,(H,13,14)(H,15,16). The summed E-state index contributed by atoms with van der Waals surface area (Å²) < 4.78 is 0. The second-order valence-corrected chi connectivity index (χ2v) is 5.85. The lowest BCUT2D eigenvalue weighted by atomic mass is 9.73. The van der Waals surface area contributed by atoms with Gasteiger partial charge >= 0.3 is 11.9 Å². The summed E-state index contributed by atoms with van der Waals surface area (Å²) in [5.74, 6) is -2.35. The molecule has 0 heterocycles. The van der Waals surface area contributed by atoms with Gasteiger partial charge in [-0.25, -0.2) is 4.79 Å². The van der Waals surface area contributed by atoms with E-state index < -0.39 is 11.9 Å². The summed E-state index contributed by atoms with van der Waals surface area (Å²) in [7, 11) is 0. The van der Waals surface area contributed by atoms with E-state index in [1.807, 2.05) is 13.8 Å². The van der Waals surface area contributed by atoms with E-state index in [2.05, 4.69) is 26.1 Å². The molecule has 0 atom stereocenters. The fraction of sp³-hybridized carbons (Fsp3) is 0.833. The van der Waals surface area contributed by atoms with Crippen LogP contribution in [0.4, 0.5) is 0 Å². The largest absolute Gasteiger partial charge is 0.474 e. The SMILES string of the molecule is CCC(C)(C)CC(C)(C)CNC(=O)C(=O)O. The van der Waals surface area contributed by atoms with Crippen LogP contribution >= 0.6 is 0 Å². The summed E-state index contributed by atoms with van der Waals surface area (Å²) >= 11 is 0. The van der Waals surface area contributed by atoms with E-state index in [0.717, 1.165) is 12.8 Å². The zero-order valence-corrected chi connectivity index (χ0v) is 10.9. The number of carbonyl (C=O) groups excluding carboxylic acids is 1. The summed E-state index contributed by atoms with van der Waals surface area (Å²) in [6, 6.07) is 0. The van der Waals surface area contributed by atoms with Crippen LogP contribution in [-0.4, -0.2) is 23.5 Å². The average Bonchev–Trinajstić information content (AvgIpc) is 2.12. The lowest BCUT2D eigenvalue weighted by Crippen LogP contribution is -2.39. The number of amides is 1. The van der Waals surface area contributed by atoms with Crippen LogP contribution in [0.3, 0.4) is 0 Å². The fourth-order valence-electron chi connectivity index (χ4n) is 1.88. The Hall–Kier alpha value is -1.06. The molecule has 94 valence electrons. The average molecular weight is 229 g/mol. The zero-order valence-electron chi connectivity index (χ0n) is 10.9. The highest BCUT2D eigenvalue weighted by molar-refractivity contribution is 6.31. The molecular weight excluding hydrogens is 206 g/mol. The van der Waals surface area contributed by atoms with Gasteiger partial charge in [0.05, 0.1) is 0 Å². The maximum Gasteiger partial charge on any atom is 0.394 e. The quantitative estimate of drug-likeness (QED) is 0.709. The van der Waals surface area contributed by atoms with Gasteiger partial charge in [0.1, 0.15) is 0 Å². The molecule has 0 fully saturated rings. The summed E-state index contributed by atoms with van der Waals surface area (Å²) in [6.45, 7) is 10.9. The van der Waals surface area contributed by atoms with E-state index in [1.165, 1.54) is 0 Å². The Morgan fingerprint density at radius 3 is 2.00 bits per heavy atom. The molecule has 4 nitrogen and oxygen atoms in total. The van der Waals surface area contributed by atoms with Crippen LogP contribution in [0.15, 0.2) is 0 Å². The maximum atomic E-state index is 10.9. The van der Waals surface area contributed by atoms with Gasteiger partial charge in [-0.2, -0.15) is 0 Å². The lowest BCUT2D eigenvalue weighted by Gasteiger charge is -2.34. The highest BCUT2D eigenvalue weighted by atomic mass is 16.4. The van der Waals surface area contributed by atoms with Gasteiger partial charge in [-0.05, 0) is 17.3 Å². The molecule has 0 aliphatic rings. The second kappa shape index (κ2) is 5.32. The third-order valence-electron chi connectivity index (χ3n) is 2.84. The number of hydrogen-bond donors (Lipinski definition) is 2. The first-order chi connectivity index (χ1) is 7.09. The molecule has 16 heavy (non-hydrogen) atoms. The number of aliphatic carboxylic acids is 1. The van der Waals surface area contributed by atoms with Crippen molar-refractivity contribution < 1.29 is 14.7 Å². The first-order valence-corrected chi connectivity index (χ1v) is 5.61. The number of nitrogens with one attached hydrogen (secondary N) is 1. The van der Waals surface area contributed by atoms with Crippen LogP contribution in [-0.2, 0) is 9.59 Å². The molecule has 0 aromatic rings. The van der Waals surface area contributed by atoms with Crippen LogP contribution in [0.5, 0.6) is 0 Å². The number of carbonyl (C=O) groups is 2. The maximum absolute atomic E-state index is 10.9. The molecule has 2 N–H and O–H groups in total. The van der Waals surface area contributed by atoms with Crippen molar-refractivity contribution in [3.05, 3.63) is 0 Å². The lowest BCUT2D eigenvalue weighted by molar-refractivity contribution is -0.150. The van der Waals surface area contributed by atoms with Gasteiger partial charge in [-0.15, -0.1) is 0 Å². The number of hydrogen-bond acceptors (Lipinski definition) is 2. The van der Waals surface area contributed by atoms with E-state index in [0.29, 0.717) is 6.54 Å². The first kappa shape index (κ1) is 14.9. The van der Waals surface area contributed by atoms with E-state index in [1.54, 1.807) is 0 Å². The molecule has 0 aliphatic heterocycles. The Morgan fingerprint density at radius 1 is 1.12 bits per heavy atom. The van der Waals surface area contributed by atoms with Gasteiger partial charge in [0.15, 0.2) is 0 Å². The van der Waals surface area contributed by atoms with Crippen LogP contribution in [0, 0.1) is 10.8 Å². The Balaban J connectivity index is 4.25. The van der Waals surface area contributed by atoms with Crippen molar-refractivity contribution in [1.29, 1.82) is 0 Å². The van der Waals surface area contributed by atoms with Gasteiger partial charge in [-0.3, -0.25) is 4.79 Å². The van der Waals surface area contributed by atoms with Gasteiger partial charge in [0.2, 0.25) is 0 Å². The molecule has 0 aliphatic carbocycles. The van der Waals surface area contributed by atoms with Gasteiger partial charge in [-0.1, -0.05) is 41.0 Å². The molecule has 0 rings (SSSR count). The van der Waals surface area contributed by atoms with Gasteiger partial charge < -0.3 is 10.4 Å². The first-order valence-electron chi connectivity index (χ1n) is 5.61. The summed E-state index contributed by atoms with van der Waals surface area (Å²) in [5.41, 5.74) is 0.113. The monoisotopic (exact) mass is 229 g/mol. The van der Waals surface area contributed by atoms with E-state index in [-0.39, 0.29) is 10.8 Å². The van der Waals surface area contributed by atoms with Gasteiger partial charge in [0.25, 0.3) is 0 Å². The van der Waals surface area contributed by atoms with Gasteiger partial charge in [0, 0.05) is 6.54 Å². The Labute approximate surface area is 97.4 Å².